The molecule has 0 radical (unpaired) electrons. The quantitative estimate of drug-likeness (QED) is 0.478. The lowest BCUT2D eigenvalue weighted by atomic mass is 10.0. The van der Waals surface area contributed by atoms with Crippen LogP contribution in [0, 0.1) is 0 Å². The van der Waals surface area contributed by atoms with Crippen LogP contribution < -0.4 is 5.32 Å². The van der Waals surface area contributed by atoms with Crippen molar-refractivity contribution < 1.29 is 9.53 Å². The fourth-order valence-electron chi connectivity index (χ4n) is 2.50. The van der Waals surface area contributed by atoms with Gasteiger partial charge in [-0.05, 0) is 26.0 Å². The third-order valence-electron chi connectivity index (χ3n) is 4.03. The minimum absolute atomic E-state index is 0.0913. The zero-order valence-corrected chi connectivity index (χ0v) is 14.3. The lowest BCUT2D eigenvalue weighted by Crippen LogP contribution is -2.32. The summed E-state index contributed by atoms with van der Waals surface area (Å²) in [6, 6.07) is 10.0. The number of unbranched alkanes of at least 4 members (excludes halogenated alkanes) is 5. The number of rotatable bonds is 11. The van der Waals surface area contributed by atoms with Gasteiger partial charge in [0.05, 0.1) is 0 Å². The molecule has 3 heteroatoms. The van der Waals surface area contributed by atoms with E-state index in [4.69, 9.17) is 4.74 Å². The molecule has 1 rings (SSSR count). The van der Waals surface area contributed by atoms with Crippen molar-refractivity contribution in [1.29, 1.82) is 0 Å². The molecule has 0 saturated carbocycles. The average molecular weight is 305 g/mol. The maximum atomic E-state index is 12.1. The number of nitrogens with one attached hydrogen (secondary N) is 1. The van der Waals surface area contributed by atoms with Crippen LogP contribution in [0.15, 0.2) is 30.3 Å². The predicted molar refractivity (Wildman–Crippen MR) is 91.8 cm³/mol. The SMILES string of the molecule is CCCCCCCCC(=O)OC(c1ccccc1)C(C)NC. The summed E-state index contributed by atoms with van der Waals surface area (Å²) in [5.41, 5.74) is 1.04. The standard InChI is InChI=1S/C19H31NO2/c1-4-5-6-7-8-12-15-18(21)22-19(16(2)20-3)17-13-10-9-11-14-17/h9-11,13-14,16,19-20H,4-8,12,15H2,1-3H3. The Kier molecular flexibility index (Phi) is 9.56. The first kappa shape index (κ1) is 18.7. The lowest BCUT2D eigenvalue weighted by molar-refractivity contribution is -0.151. The van der Waals surface area contributed by atoms with E-state index in [2.05, 4.69) is 12.2 Å². The Balaban J connectivity index is 2.40. The topological polar surface area (TPSA) is 38.3 Å². The molecule has 2 unspecified atom stereocenters. The van der Waals surface area contributed by atoms with Crippen LogP contribution in [-0.4, -0.2) is 19.1 Å². The summed E-state index contributed by atoms with van der Waals surface area (Å²) in [7, 11) is 1.89. The Hall–Kier alpha value is -1.35. The molecule has 1 aromatic rings. The summed E-state index contributed by atoms with van der Waals surface area (Å²) in [6.07, 6.45) is 7.38. The second-order valence-electron chi connectivity index (χ2n) is 5.92. The normalized spacial score (nSPS) is 13.6. The van der Waals surface area contributed by atoms with Crippen LogP contribution in [0.3, 0.4) is 0 Å². The minimum Gasteiger partial charge on any atom is -0.456 e. The highest BCUT2D eigenvalue weighted by Crippen LogP contribution is 2.22. The summed E-state index contributed by atoms with van der Waals surface area (Å²) in [6.45, 7) is 4.25. The highest BCUT2D eigenvalue weighted by molar-refractivity contribution is 5.69. The van der Waals surface area contributed by atoms with Crippen molar-refractivity contribution in [3.8, 4) is 0 Å². The van der Waals surface area contributed by atoms with Gasteiger partial charge < -0.3 is 10.1 Å². The summed E-state index contributed by atoms with van der Waals surface area (Å²) < 4.78 is 5.72. The van der Waals surface area contributed by atoms with Crippen LogP contribution in [0.1, 0.15) is 70.5 Å². The summed E-state index contributed by atoms with van der Waals surface area (Å²) in [4.78, 5) is 12.1. The van der Waals surface area contributed by atoms with E-state index in [1.807, 2.05) is 44.3 Å². The molecule has 0 aromatic heterocycles. The first-order chi connectivity index (χ1) is 10.7. The van der Waals surface area contributed by atoms with Gasteiger partial charge in [0.2, 0.25) is 0 Å². The Morgan fingerprint density at radius 2 is 1.73 bits per heavy atom. The predicted octanol–water partition coefficient (Wildman–Crippen LogP) is 4.63. The minimum atomic E-state index is -0.223. The molecular weight excluding hydrogens is 274 g/mol. The van der Waals surface area contributed by atoms with Crippen LogP contribution in [0.4, 0.5) is 0 Å². The third-order valence-corrected chi connectivity index (χ3v) is 4.03. The van der Waals surface area contributed by atoms with E-state index in [0.717, 1.165) is 18.4 Å². The number of benzene rings is 1. The summed E-state index contributed by atoms with van der Waals surface area (Å²) in [5, 5.41) is 3.18. The van der Waals surface area contributed by atoms with Crippen LogP contribution in [0.25, 0.3) is 0 Å². The largest absolute Gasteiger partial charge is 0.456 e. The lowest BCUT2D eigenvalue weighted by Gasteiger charge is -2.24. The number of carbonyl (C=O) groups excluding carboxylic acids is 1. The molecular formula is C19H31NO2. The zero-order chi connectivity index (χ0) is 16.2. The van der Waals surface area contributed by atoms with Gasteiger partial charge in [-0.2, -0.15) is 0 Å². The molecule has 0 aliphatic rings. The van der Waals surface area contributed by atoms with Gasteiger partial charge in [0, 0.05) is 12.5 Å². The van der Waals surface area contributed by atoms with Gasteiger partial charge in [0.25, 0.3) is 0 Å². The van der Waals surface area contributed by atoms with Crippen molar-refractivity contribution in [3.63, 3.8) is 0 Å². The van der Waals surface area contributed by atoms with Crippen LogP contribution in [0.5, 0.6) is 0 Å². The fraction of sp³-hybridized carbons (Fsp3) is 0.632. The molecule has 0 spiro atoms. The Labute approximate surface area is 135 Å². The summed E-state index contributed by atoms with van der Waals surface area (Å²) in [5.74, 6) is -0.0913. The maximum Gasteiger partial charge on any atom is 0.306 e. The van der Waals surface area contributed by atoms with E-state index in [9.17, 15) is 4.79 Å². The molecule has 3 nitrogen and oxygen atoms in total. The monoisotopic (exact) mass is 305 g/mol. The van der Waals surface area contributed by atoms with Gasteiger partial charge in [0.1, 0.15) is 6.10 Å². The average Bonchev–Trinajstić information content (AvgIpc) is 2.56. The number of ether oxygens (including phenoxy) is 1. The number of likely N-dealkylation sites (N-methyl/N-ethyl adjacent to an activating group) is 1. The first-order valence-electron chi connectivity index (χ1n) is 8.60. The van der Waals surface area contributed by atoms with Crippen molar-refractivity contribution in [1.82, 2.24) is 5.32 Å². The van der Waals surface area contributed by atoms with E-state index < -0.39 is 0 Å². The zero-order valence-electron chi connectivity index (χ0n) is 14.3. The molecule has 22 heavy (non-hydrogen) atoms. The number of esters is 1. The molecule has 0 saturated heterocycles. The van der Waals surface area contributed by atoms with E-state index in [1.54, 1.807) is 0 Å². The van der Waals surface area contributed by atoms with Crippen LogP contribution in [-0.2, 0) is 9.53 Å². The van der Waals surface area contributed by atoms with E-state index >= 15 is 0 Å². The number of carbonyl (C=O) groups is 1. The molecule has 1 aromatic carbocycles. The van der Waals surface area contributed by atoms with E-state index in [-0.39, 0.29) is 18.1 Å². The van der Waals surface area contributed by atoms with Crippen LogP contribution >= 0.6 is 0 Å². The second-order valence-corrected chi connectivity index (χ2v) is 5.92. The van der Waals surface area contributed by atoms with Crippen molar-refractivity contribution >= 4 is 5.97 Å². The molecule has 0 fully saturated rings. The number of hydrogen-bond acceptors (Lipinski definition) is 3. The molecule has 0 bridgehead atoms. The van der Waals surface area contributed by atoms with Crippen molar-refractivity contribution in [3.05, 3.63) is 35.9 Å². The van der Waals surface area contributed by atoms with Gasteiger partial charge in [-0.1, -0.05) is 69.4 Å². The van der Waals surface area contributed by atoms with Gasteiger partial charge in [-0.15, -0.1) is 0 Å². The Bertz CT molecular complexity index is 405. The van der Waals surface area contributed by atoms with Crippen molar-refractivity contribution in [2.45, 2.75) is 70.9 Å². The van der Waals surface area contributed by atoms with Crippen LogP contribution in [0.2, 0.25) is 0 Å². The first-order valence-corrected chi connectivity index (χ1v) is 8.60. The molecule has 1 N–H and O–H groups in total. The van der Waals surface area contributed by atoms with Gasteiger partial charge >= 0.3 is 5.97 Å². The van der Waals surface area contributed by atoms with Crippen molar-refractivity contribution in [2.24, 2.45) is 0 Å². The van der Waals surface area contributed by atoms with Crippen molar-refractivity contribution in [2.75, 3.05) is 7.05 Å². The molecule has 0 aliphatic carbocycles. The number of hydrogen-bond donors (Lipinski definition) is 1. The maximum absolute atomic E-state index is 12.1. The molecule has 0 aliphatic heterocycles. The highest BCUT2D eigenvalue weighted by atomic mass is 16.5. The van der Waals surface area contributed by atoms with Gasteiger partial charge in [-0.25, -0.2) is 0 Å². The molecule has 2 atom stereocenters. The highest BCUT2D eigenvalue weighted by Gasteiger charge is 2.21. The van der Waals surface area contributed by atoms with E-state index in [0.29, 0.717) is 6.42 Å². The molecule has 0 amide bonds. The fourth-order valence-corrected chi connectivity index (χ4v) is 2.50. The Morgan fingerprint density at radius 1 is 1.09 bits per heavy atom. The summed E-state index contributed by atoms with van der Waals surface area (Å²) >= 11 is 0. The molecule has 124 valence electrons. The third kappa shape index (κ3) is 7.08. The van der Waals surface area contributed by atoms with E-state index in [1.165, 1.54) is 25.7 Å². The van der Waals surface area contributed by atoms with Gasteiger partial charge in [-0.3, -0.25) is 4.79 Å². The van der Waals surface area contributed by atoms with Gasteiger partial charge in [0.15, 0.2) is 0 Å². The second kappa shape index (κ2) is 11.2. The molecule has 0 heterocycles. The smallest absolute Gasteiger partial charge is 0.306 e. The Morgan fingerprint density at radius 3 is 2.36 bits per heavy atom.